The molecule has 1 atom stereocenters. The monoisotopic (exact) mass is 246 g/mol. The van der Waals surface area contributed by atoms with Gasteiger partial charge in [-0.1, -0.05) is 0 Å². The molecule has 0 amide bonds. The lowest BCUT2D eigenvalue weighted by Gasteiger charge is -2.06. The van der Waals surface area contributed by atoms with Crippen molar-refractivity contribution < 1.29 is 9.53 Å². The van der Waals surface area contributed by atoms with Crippen LogP contribution in [0.25, 0.3) is 0 Å². The van der Waals surface area contributed by atoms with E-state index in [1.807, 2.05) is 6.92 Å². The quantitative estimate of drug-likeness (QED) is 0.590. The fraction of sp³-hybridized carbons (Fsp3) is 0.364. The smallest absolute Gasteiger partial charge is 0.181 e. The number of halogens is 2. The third kappa shape index (κ3) is 3.40. The van der Waals surface area contributed by atoms with E-state index in [0.717, 1.165) is 5.75 Å². The highest BCUT2D eigenvalue weighted by Gasteiger charge is 2.15. The summed E-state index contributed by atoms with van der Waals surface area (Å²) in [6, 6.07) is 6.87. The zero-order valence-corrected chi connectivity index (χ0v) is 9.89. The lowest BCUT2D eigenvalue weighted by atomic mass is 10.1. The van der Waals surface area contributed by atoms with E-state index in [-0.39, 0.29) is 11.7 Å². The van der Waals surface area contributed by atoms with Gasteiger partial charge in [-0.25, -0.2) is 0 Å². The molecule has 0 N–H and O–H groups in total. The minimum absolute atomic E-state index is 0.119. The molecule has 0 radical (unpaired) electrons. The average molecular weight is 247 g/mol. The van der Waals surface area contributed by atoms with Gasteiger partial charge in [0, 0.05) is 11.4 Å². The zero-order chi connectivity index (χ0) is 11.3. The van der Waals surface area contributed by atoms with E-state index in [4.69, 9.17) is 27.9 Å². The van der Waals surface area contributed by atoms with Crippen molar-refractivity contribution in [3.8, 4) is 5.75 Å². The van der Waals surface area contributed by atoms with Gasteiger partial charge < -0.3 is 4.74 Å². The molecule has 0 saturated carbocycles. The van der Waals surface area contributed by atoms with Crippen LogP contribution in [0.4, 0.5) is 0 Å². The second-order valence-corrected chi connectivity index (χ2v) is 3.78. The number of rotatable bonds is 5. The molecule has 0 aliphatic heterocycles. The van der Waals surface area contributed by atoms with Crippen LogP contribution < -0.4 is 4.74 Å². The molecular formula is C11H12Cl2O2. The van der Waals surface area contributed by atoms with Crippen LogP contribution in [0.1, 0.15) is 17.3 Å². The molecule has 0 bridgehead atoms. The highest BCUT2D eigenvalue weighted by molar-refractivity contribution is 6.38. The van der Waals surface area contributed by atoms with E-state index in [1.165, 1.54) is 0 Å². The summed E-state index contributed by atoms with van der Waals surface area (Å²) in [4.78, 5) is 11.6. The van der Waals surface area contributed by atoms with Gasteiger partial charge in [0.1, 0.15) is 11.1 Å². The average Bonchev–Trinajstić information content (AvgIpc) is 2.28. The molecule has 1 aromatic rings. The summed E-state index contributed by atoms with van der Waals surface area (Å²) in [6.45, 7) is 2.51. The lowest BCUT2D eigenvalue weighted by Crippen LogP contribution is -2.15. The molecule has 1 unspecified atom stereocenters. The molecule has 0 saturated heterocycles. The lowest BCUT2D eigenvalue weighted by molar-refractivity contribution is 0.0992. The molecule has 0 aliphatic rings. The van der Waals surface area contributed by atoms with E-state index in [0.29, 0.717) is 12.2 Å². The molecule has 0 aliphatic carbocycles. The maximum absolute atomic E-state index is 11.6. The predicted molar refractivity (Wildman–Crippen MR) is 62.3 cm³/mol. The van der Waals surface area contributed by atoms with Crippen LogP contribution in [0.2, 0.25) is 0 Å². The van der Waals surface area contributed by atoms with Gasteiger partial charge in [-0.05, 0) is 31.2 Å². The Kier molecular flexibility index (Phi) is 4.92. The van der Waals surface area contributed by atoms with E-state index in [2.05, 4.69) is 0 Å². The first-order valence-electron chi connectivity index (χ1n) is 4.66. The van der Waals surface area contributed by atoms with Crippen LogP contribution in [0.15, 0.2) is 24.3 Å². The molecule has 4 heteroatoms. The van der Waals surface area contributed by atoms with Crippen molar-refractivity contribution in [3.63, 3.8) is 0 Å². The number of hydrogen-bond donors (Lipinski definition) is 0. The fourth-order valence-corrected chi connectivity index (χ4v) is 1.40. The summed E-state index contributed by atoms with van der Waals surface area (Å²) < 4.78 is 5.26. The van der Waals surface area contributed by atoms with Crippen molar-refractivity contribution >= 4 is 29.0 Å². The summed E-state index contributed by atoms with van der Waals surface area (Å²) in [5.74, 6) is 0.703. The predicted octanol–water partition coefficient (Wildman–Crippen LogP) is 3.11. The standard InChI is InChI=1S/C11H12Cl2O2/c1-2-15-9-5-3-8(4-6-9)11(14)10(13)7-12/h3-6,10H,2,7H2,1H3. The largest absolute Gasteiger partial charge is 0.494 e. The molecule has 0 spiro atoms. The van der Waals surface area contributed by atoms with Crippen molar-refractivity contribution in [2.75, 3.05) is 12.5 Å². The Bertz CT molecular complexity index is 322. The number of carbonyl (C=O) groups excluding carboxylic acids is 1. The van der Waals surface area contributed by atoms with Crippen LogP contribution >= 0.6 is 23.2 Å². The van der Waals surface area contributed by atoms with Crippen molar-refractivity contribution in [3.05, 3.63) is 29.8 Å². The van der Waals surface area contributed by atoms with Crippen molar-refractivity contribution in [2.24, 2.45) is 0 Å². The normalized spacial score (nSPS) is 12.2. The Morgan fingerprint density at radius 2 is 2.00 bits per heavy atom. The zero-order valence-electron chi connectivity index (χ0n) is 8.37. The van der Waals surface area contributed by atoms with Gasteiger partial charge in [0.2, 0.25) is 0 Å². The maximum Gasteiger partial charge on any atom is 0.181 e. The highest BCUT2D eigenvalue weighted by Crippen LogP contribution is 2.15. The highest BCUT2D eigenvalue weighted by atomic mass is 35.5. The topological polar surface area (TPSA) is 26.3 Å². The summed E-state index contributed by atoms with van der Waals surface area (Å²) in [6.07, 6.45) is 0. The van der Waals surface area contributed by atoms with Gasteiger partial charge in [-0.15, -0.1) is 23.2 Å². The molecule has 15 heavy (non-hydrogen) atoms. The first-order chi connectivity index (χ1) is 7.19. The van der Waals surface area contributed by atoms with E-state index in [1.54, 1.807) is 24.3 Å². The Balaban J connectivity index is 2.75. The number of alkyl halides is 2. The number of hydrogen-bond acceptors (Lipinski definition) is 2. The Hall–Kier alpha value is -0.730. The van der Waals surface area contributed by atoms with E-state index in [9.17, 15) is 4.79 Å². The van der Waals surface area contributed by atoms with Crippen LogP contribution in [-0.4, -0.2) is 23.6 Å². The summed E-state index contributed by atoms with van der Waals surface area (Å²) in [5.41, 5.74) is 0.555. The number of benzene rings is 1. The summed E-state index contributed by atoms with van der Waals surface area (Å²) in [7, 11) is 0. The van der Waals surface area contributed by atoms with Crippen LogP contribution in [0, 0.1) is 0 Å². The summed E-state index contributed by atoms with van der Waals surface area (Å²) in [5, 5.41) is -0.662. The van der Waals surface area contributed by atoms with Crippen LogP contribution in [0.5, 0.6) is 5.75 Å². The van der Waals surface area contributed by atoms with Crippen LogP contribution in [0.3, 0.4) is 0 Å². The first-order valence-corrected chi connectivity index (χ1v) is 5.63. The molecular weight excluding hydrogens is 235 g/mol. The molecule has 0 heterocycles. The van der Waals surface area contributed by atoms with E-state index < -0.39 is 5.38 Å². The first kappa shape index (κ1) is 12.3. The SMILES string of the molecule is CCOc1ccc(C(=O)C(Cl)CCl)cc1. The maximum atomic E-state index is 11.6. The van der Waals surface area contributed by atoms with Gasteiger partial charge in [0.05, 0.1) is 6.61 Å². The molecule has 0 aromatic heterocycles. The summed E-state index contributed by atoms with van der Waals surface area (Å²) >= 11 is 11.2. The Labute approximate surface area is 99.1 Å². The van der Waals surface area contributed by atoms with Crippen molar-refractivity contribution in [1.29, 1.82) is 0 Å². The third-order valence-electron chi connectivity index (χ3n) is 1.87. The van der Waals surface area contributed by atoms with Gasteiger partial charge in [-0.3, -0.25) is 4.79 Å². The van der Waals surface area contributed by atoms with E-state index >= 15 is 0 Å². The van der Waals surface area contributed by atoms with Gasteiger partial charge in [0.15, 0.2) is 5.78 Å². The van der Waals surface area contributed by atoms with Gasteiger partial charge in [0.25, 0.3) is 0 Å². The van der Waals surface area contributed by atoms with Gasteiger partial charge in [-0.2, -0.15) is 0 Å². The molecule has 0 fully saturated rings. The van der Waals surface area contributed by atoms with Crippen LogP contribution in [-0.2, 0) is 0 Å². The number of ketones is 1. The molecule has 82 valence electrons. The second-order valence-electron chi connectivity index (χ2n) is 2.94. The van der Waals surface area contributed by atoms with Crippen molar-refractivity contribution in [1.82, 2.24) is 0 Å². The second kappa shape index (κ2) is 5.99. The number of Topliss-reactive ketones (excluding diaryl/α,β-unsaturated/α-hetero) is 1. The minimum atomic E-state index is -0.662. The molecule has 1 rings (SSSR count). The Morgan fingerprint density at radius 3 is 2.47 bits per heavy atom. The fourth-order valence-electron chi connectivity index (χ4n) is 1.13. The van der Waals surface area contributed by atoms with Gasteiger partial charge >= 0.3 is 0 Å². The minimum Gasteiger partial charge on any atom is -0.494 e. The molecule has 2 nitrogen and oxygen atoms in total. The van der Waals surface area contributed by atoms with Crippen molar-refractivity contribution in [2.45, 2.75) is 12.3 Å². The number of ether oxygens (including phenoxy) is 1. The third-order valence-corrected chi connectivity index (χ3v) is 2.69. The number of carbonyl (C=O) groups is 1. The Morgan fingerprint density at radius 1 is 1.40 bits per heavy atom. The molecule has 1 aromatic carbocycles.